The van der Waals surface area contributed by atoms with E-state index >= 15 is 0 Å². The number of hydrogen-bond donors (Lipinski definition) is 1. The summed E-state index contributed by atoms with van der Waals surface area (Å²) in [7, 11) is 0. The molecular weight excluding hydrogens is 460 g/mol. The number of nitrogens with zero attached hydrogens (tertiary/aromatic N) is 3. The molecule has 4 rings (SSSR count). The van der Waals surface area contributed by atoms with E-state index in [1.165, 1.54) is 15.5 Å². The maximum atomic E-state index is 13.6. The third-order valence-corrected chi connectivity index (χ3v) is 5.84. The summed E-state index contributed by atoms with van der Waals surface area (Å²) in [5.41, 5.74) is 0.601. The molecule has 1 N–H and O–H groups in total. The molecule has 0 saturated carbocycles. The molecule has 1 aliphatic rings. The Morgan fingerprint density at radius 3 is 2.71 bits per heavy atom. The minimum absolute atomic E-state index is 0.0893. The van der Waals surface area contributed by atoms with E-state index in [-0.39, 0.29) is 44.1 Å². The van der Waals surface area contributed by atoms with Crippen LogP contribution in [0.15, 0.2) is 53.5 Å². The van der Waals surface area contributed by atoms with Gasteiger partial charge in [0.2, 0.25) is 5.91 Å². The van der Waals surface area contributed by atoms with E-state index in [0.717, 1.165) is 5.56 Å². The van der Waals surface area contributed by atoms with Crippen LogP contribution in [0.5, 0.6) is 0 Å². The first-order valence-electron chi connectivity index (χ1n) is 10.8. The zero-order valence-electron chi connectivity index (χ0n) is 18.5. The SMILES string of the molecule is CCOC(=O)CC1CNC(=O)CN1C(=O)c1cc2cccnc2n(Cc2ccc(Cl)cc2)c1=O. The number of halogens is 1. The highest BCUT2D eigenvalue weighted by Crippen LogP contribution is 2.18. The van der Waals surface area contributed by atoms with Gasteiger partial charge in [-0.05, 0) is 42.8 Å². The summed E-state index contributed by atoms with van der Waals surface area (Å²) < 4.78 is 6.43. The third-order valence-electron chi connectivity index (χ3n) is 5.59. The number of esters is 1. The number of ether oxygens (including phenoxy) is 1. The number of pyridine rings is 2. The zero-order valence-corrected chi connectivity index (χ0v) is 19.2. The number of hydrogen-bond acceptors (Lipinski definition) is 6. The molecule has 34 heavy (non-hydrogen) atoms. The van der Waals surface area contributed by atoms with Crippen molar-refractivity contribution in [2.45, 2.75) is 25.9 Å². The molecule has 1 fully saturated rings. The number of amides is 2. The number of aromatic nitrogens is 2. The van der Waals surface area contributed by atoms with Gasteiger partial charge in [-0.2, -0.15) is 0 Å². The van der Waals surface area contributed by atoms with Crippen molar-refractivity contribution in [3.8, 4) is 0 Å². The molecule has 10 heteroatoms. The van der Waals surface area contributed by atoms with Gasteiger partial charge in [-0.1, -0.05) is 23.7 Å². The lowest BCUT2D eigenvalue weighted by Crippen LogP contribution is -2.57. The molecule has 3 heterocycles. The summed E-state index contributed by atoms with van der Waals surface area (Å²) in [4.78, 5) is 56.8. The van der Waals surface area contributed by atoms with Gasteiger partial charge in [-0.15, -0.1) is 0 Å². The largest absolute Gasteiger partial charge is 0.466 e. The maximum absolute atomic E-state index is 13.6. The number of nitrogens with one attached hydrogen (secondary N) is 1. The lowest BCUT2D eigenvalue weighted by molar-refractivity contribution is -0.145. The summed E-state index contributed by atoms with van der Waals surface area (Å²) in [6.45, 7) is 1.91. The molecule has 176 valence electrons. The minimum Gasteiger partial charge on any atom is -0.466 e. The van der Waals surface area contributed by atoms with Crippen LogP contribution in [0.2, 0.25) is 5.02 Å². The molecule has 2 aromatic heterocycles. The van der Waals surface area contributed by atoms with Crippen LogP contribution in [0.1, 0.15) is 29.3 Å². The van der Waals surface area contributed by atoms with Crippen molar-refractivity contribution in [2.24, 2.45) is 0 Å². The monoisotopic (exact) mass is 482 g/mol. The van der Waals surface area contributed by atoms with Crippen LogP contribution in [0.4, 0.5) is 0 Å². The van der Waals surface area contributed by atoms with E-state index < -0.39 is 23.5 Å². The first kappa shape index (κ1) is 23.4. The summed E-state index contributed by atoms with van der Waals surface area (Å²) in [5.74, 6) is -1.47. The number of rotatable bonds is 6. The molecule has 3 aromatic rings. The van der Waals surface area contributed by atoms with Crippen LogP contribution in [0.3, 0.4) is 0 Å². The van der Waals surface area contributed by atoms with Crippen LogP contribution in [0.25, 0.3) is 11.0 Å². The number of carbonyl (C=O) groups is 3. The van der Waals surface area contributed by atoms with E-state index in [0.29, 0.717) is 16.1 Å². The van der Waals surface area contributed by atoms with Gasteiger partial charge in [0.1, 0.15) is 17.8 Å². The highest BCUT2D eigenvalue weighted by molar-refractivity contribution is 6.30. The van der Waals surface area contributed by atoms with Crippen molar-refractivity contribution in [1.29, 1.82) is 0 Å². The van der Waals surface area contributed by atoms with Crippen LogP contribution >= 0.6 is 11.6 Å². The first-order valence-corrected chi connectivity index (χ1v) is 11.2. The van der Waals surface area contributed by atoms with Crippen LogP contribution in [-0.4, -0.2) is 58.0 Å². The van der Waals surface area contributed by atoms with Gasteiger partial charge in [-0.3, -0.25) is 23.7 Å². The Bertz CT molecular complexity index is 1300. The van der Waals surface area contributed by atoms with Crippen molar-refractivity contribution in [3.63, 3.8) is 0 Å². The zero-order chi connectivity index (χ0) is 24.2. The Labute approximate surface area is 200 Å². The Morgan fingerprint density at radius 2 is 1.97 bits per heavy atom. The molecular formula is C24H23ClN4O5. The lowest BCUT2D eigenvalue weighted by Gasteiger charge is -2.35. The van der Waals surface area contributed by atoms with Gasteiger partial charge in [0.05, 0.1) is 25.6 Å². The van der Waals surface area contributed by atoms with Gasteiger partial charge in [-0.25, -0.2) is 4.98 Å². The molecule has 0 radical (unpaired) electrons. The number of piperazine rings is 1. The number of carbonyl (C=O) groups excluding carboxylic acids is 3. The Morgan fingerprint density at radius 1 is 1.21 bits per heavy atom. The number of benzene rings is 1. The van der Waals surface area contributed by atoms with E-state index in [1.807, 2.05) is 0 Å². The van der Waals surface area contributed by atoms with Crippen LogP contribution in [0, 0.1) is 0 Å². The van der Waals surface area contributed by atoms with E-state index in [4.69, 9.17) is 16.3 Å². The van der Waals surface area contributed by atoms with Gasteiger partial charge < -0.3 is 15.0 Å². The fourth-order valence-electron chi connectivity index (χ4n) is 3.95. The van der Waals surface area contributed by atoms with Crippen molar-refractivity contribution in [3.05, 3.63) is 75.2 Å². The lowest BCUT2D eigenvalue weighted by atomic mass is 10.1. The molecule has 1 aliphatic heterocycles. The number of fused-ring (bicyclic) bond motifs is 1. The molecule has 1 saturated heterocycles. The maximum Gasteiger partial charge on any atom is 0.307 e. The highest BCUT2D eigenvalue weighted by atomic mass is 35.5. The Kier molecular flexibility index (Phi) is 6.93. The smallest absolute Gasteiger partial charge is 0.307 e. The first-order chi connectivity index (χ1) is 16.4. The van der Waals surface area contributed by atoms with E-state index in [1.54, 1.807) is 49.5 Å². The second-order valence-corrected chi connectivity index (χ2v) is 8.33. The van der Waals surface area contributed by atoms with Crippen molar-refractivity contribution >= 4 is 40.4 Å². The molecule has 0 bridgehead atoms. The summed E-state index contributed by atoms with van der Waals surface area (Å²) in [6.07, 6.45) is 1.49. The highest BCUT2D eigenvalue weighted by Gasteiger charge is 2.34. The van der Waals surface area contributed by atoms with Gasteiger partial charge >= 0.3 is 5.97 Å². The summed E-state index contributed by atoms with van der Waals surface area (Å²) >= 11 is 5.98. The van der Waals surface area contributed by atoms with Gasteiger partial charge in [0.15, 0.2) is 0 Å². The van der Waals surface area contributed by atoms with Crippen LogP contribution in [-0.2, 0) is 20.9 Å². The van der Waals surface area contributed by atoms with Gasteiger partial charge in [0.25, 0.3) is 11.5 Å². The van der Waals surface area contributed by atoms with Crippen molar-refractivity contribution in [2.75, 3.05) is 19.7 Å². The molecule has 1 aromatic carbocycles. The standard InChI is InChI=1S/C24H23ClN4O5/c1-2-34-21(31)11-18-12-27-20(30)14-28(18)23(32)19-10-16-4-3-9-26-22(16)29(24(19)33)13-15-5-7-17(25)8-6-15/h3-10,18H,2,11-14H2,1H3,(H,27,30). The quantitative estimate of drug-likeness (QED) is 0.538. The van der Waals surface area contributed by atoms with Crippen molar-refractivity contribution < 1.29 is 19.1 Å². The molecule has 1 unspecified atom stereocenters. The minimum atomic E-state index is -0.627. The van der Waals surface area contributed by atoms with E-state index in [2.05, 4.69) is 10.3 Å². The molecule has 0 aliphatic carbocycles. The second-order valence-electron chi connectivity index (χ2n) is 7.89. The Hall–Kier alpha value is -3.72. The predicted octanol–water partition coefficient (Wildman–Crippen LogP) is 1.99. The average Bonchev–Trinajstić information content (AvgIpc) is 2.83. The average molecular weight is 483 g/mol. The van der Waals surface area contributed by atoms with Crippen molar-refractivity contribution in [1.82, 2.24) is 19.8 Å². The second kappa shape index (κ2) is 10.0. The Balaban J connectivity index is 1.75. The summed E-state index contributed by atoms with van der Waals surface area (Å²) in [6, 6.07) is 11.4. The fourth-order valence-corrected chi connectivity index (χ4v) is 4.07. The molecule has 0 spiro atoms. The van der Waals surface area contributed by atoms with Crippen LogP contribution < -0.4 is 10.9 Å². The topological polar surface area (TPSA) is 111 Å². The van der Waals surface area contributed by atoms with Gasteiger partial charge in [0, 0.05) is 23.2 Å². The molecule has 1 atom stereocenters. The predicted molar refractivity (Wildman–Crippen MR) is 126 cm³/mol. The fraction of sp³-hybridized carbons (Fsp3) is 0.292. The van der Waals surface area contributed by atoms with E-state index in [9.17, 15) is 19.2 Å². The summed E-state index contributed by atoms with van der Waals surface area (Å²) in [5, 5.41) is 3.83. The molecule has 2 amide bonds. The molecule has 9 nitrogen and oxygen atoms in total. The normalized spacial score (nSPS) is 15.8. The third kappa shape index (κ3) is 4.94.